The minimum atomic E-state index is -0.843. The van der Waals surface area contributed by atoms with Gasteiger partial charge in [-0.15, -0.1) is 0 Å². The molecule has 0 bridgehead atoms. The third-order valence-corrected chi connectivity index (χ3v) is 2.93. The molecule has 0 spiro atoms. The van der Waals surface area contributed by atoms with Crippen LogP contribution in [0.25, 0.3) is 0 Å². The van der Waals surface area contributed by atoms with Gasteiger partial charge in [0.05, 0.1) is 0 Å². The van der Waals surface area contributed by atoms with Gasteiger partial charge in [-0.2, -0.15) is 0 Å². The first kappa shape index (κ1) is 15.8. The molecule has 0 aliphatic heterocycles. The zero-order chi connectivity index (χ0) is 14.3. The second-order valence-corrected chi connectivity index (χ2v) is 4.31. The summed E-state index contributed by atoms with van der Waals surface area (Å²) in [4.78, 5) is 10.9. The first-order chi connectivity index (χ1) is 9.10. The third kappa shape index (κ3) is 4.70. The van der Waals surface area contributed by atoms with Crippen molar-refractivity contribution in [1.29, 1.82) is 0 Å². The van der Waals surface area contributed by atoms with Gasteiger partial charge in [-0.1, -0.05) is 36.7 Å². The first-order valence-electron chi connectivity index (χ1n) is 5.91. The molecule has 1 amide bonds. The number of halogens is 1. The van der Waals surface area contributed by atoms with Crippen molar-refractivity contribution in [2.75, 3.05) is 13.9 Å². The largest absolute Gasteiger partial charge is 0.443 e. The van der Waals surface area contributed by atoms with E-state index in [2.05, 4.69) is 0 Å². The average molecular weight is 288 g/mol. The molecule has 1 rings (SSSR count). The fraction of sp³-hybridized carbons (Fsp3) is 0.462. The predicted molar refractivity (Wildman–Crippen MR) is 71.9 cm³/mol. The maximum atomic E-state index is 10.9. The van der Waals surface area contributed by atoms with Crippen LogP contribution in [0.5, 0.6) is 0 Å². The number of primary amides is 1. The van der Waals surface area contributed by atoms with E-state index in [9.17, 15) is 4.79 Å². The quantitative estimate of drug-likeness (QED) is 0.783. The summed E-state index contributed by atoms with van der Waals surface area (Å²) in [5, 5.41) is 0.537. The van der Waals surface area contributed by atoms with Crippen molar-refractivity contribution in [2.24, 2.45) is 5.73 Å². The van der Waals surface area contributed by atoms with Gasteiger partial charge >= 0.3 is 6.09 Å². The molecule has 0 heterocycles. The number of rotatable bonds is 7. The van der Waals surface area contributed by atoms with E-state index < -0.39 is 18.3 Å². The van der Waals surface area contributed by atoms with E-state index in [1.807, 2.05) is 25.1 Å². The van der Waals surface area contributed by atoms with Crippen LogP contribution in [-0.4, -0.2) is 26.1 Å². The molecule has 0 unspecified atom stereocenters. The zero-order valence-corrected chi connectivity index (χ0v) is 11.7. The molecule has 0 aromatic heterocycles. The van der Waals surface area contributed by atoms with Crippen molar-refractivity contribution in [3.05, 3.63) is 34.9 Å². The maximum absolute atomic E-state index is 10.9. The molecule has 0 aliphatic rings. The molecule has 6 heteroatoms. The lowest BCUT2D eigenvalue weighted by atomic mass is 10.0. The lowest BCUT2D eigenvalue weighted by molar-refractivity contribution is -0.115. The van der Waals surface area contributed by atoms with E-state index in [0.717, 1.165) is 5.56 Å². The molecule has 1 aromatic rings. The van der Waals surface area contributed by atoms with Gasteiger partial charge in [0.25, 0.3) is 0 Å². The summed E-state index contributed by atoms with van der Waals surface area (Å²) in [5.74, 6) is 0. The maximum Gasteiger partial charge on any atom is 0.404 e. The topological polar surface area (TPSA) is 70.8 Å². The minimum absolute atomic E-state index is 0.0640. The second kappa shape index (κ2) is 7.99. The van der Waals surface area contributed by atoms with Crippen LogP contribution < -0.4 is 5.73 Å². The summed E-state index contributed by atoms with van der Waals surface area (Å²) in [5.41, 5.74) is 5.80. The Hall–Kier alpha value is -1.30. The average Bonchev–Trinajstić information content (AvgIpc) is 2.39. The Morgan fingerprint density at radius 3 is 2.63 bits per heavy atom. The van der Waals surface area contributed by atoms with Gasteiger partial charge in [0, 0.05) is 17.7 Å². The van der Waals surface area contributed by atoms with Gasteiger partial charge in [-0.3, -0.25) is 0 Å². The Bertz CT molecular complexity index is 413. The van der Waals surface area contributed by atoms with Crippen LogP contribution in [0.1, 0.15) is 25.0 Å². The normalized spacial score (nSPS) is 13.8. The summed E-state index contributed by atoms with van der Waals surface area (Å²) >= 11 is 6.14. The molecule has 0 fully saturated rings. The number of methoxy groups -OCH3 is 1. The van der Waals surface area contributed by atoms with Gasteiger partial charge in [-0.25, -0.2) is 4.79 Å². The van der Waals surface area contributed by atoms with Crippen molar-refractivity contribution in [2.45, 2.75) is 25.6 Å². The summed E-state index contributed by atoms with van der Waals surface area (Å²) in [6, 6.07) is 7.21. The highest BCUT2D eigenvalue weighted by Crippen LogP contribution is 2.31. The molecular formula is C13H18ClNO4. The van der Waals surface area contributed by atoms with Gasteiger partial charge in [-0.05, 0) is 12.5 Å². The van der Waals surface area contributed by atoms with Gasteiger partial charge < -0.3 is 19.9 Å². The number of amides is 1. The van der Waals surface area contributed by atoms with Crippen LogP contribution in [-0.2, 0) is 14.2 Å². The van der Waals surface area contributed by atoms with Crippen LogP contribution in [0, 0.1) is 0 Å². The smallest absolute Gasteiger partial charge is 0.404 e. The number of carbonyl (C=O) groups excluding carboxylic acids is 1. The predicted octanol–water partition coefficient (Wildman–Crippen LogP) is 2.88. The summed E-state index contributed by atoms with van der Waals surface area (Å²) < 4.78 is 15.5. The molecule has 5 nitrogen and oxygen atoms in total. The first-order valence-corrected chi connectivity index (χ1v) is 6.29. The standard InChI is InChI=1S/C13H18ClNO4/c1-3-11(19-13(15)16)12(18-8-17-2)9-6-4-5-7-10(9)14/h4-7,11-12H,3,8H2,1-2H3,(H2,15,16)/t11-,12-/m1/s1. The van der Waals surface area contributed by atoms with Crippen LogP contribution in [0.4, 0.5) is 4.79 Å². The highest BCUT2D eigenvalue weighted by Gasteiger charge is 2.27. The van der Waals surface area contributed by atoms with Crippen molar-refractivity contribution >= 4 is 17.7 Å². The van der Waals surface area contributed by atoms with Crippen LogP contribution >= 0.6 is 11.6 Å². The number of ether oxygens (including phenoxy) is 3. The number of hydrogen-bond acceptors (Lipinski definition) is 4. The van der Waals surface area contributed by atoms with E-state index in [0.29, 0.717) is 11.4 Å². The fourth-order valence-electron chi connectivity index (χ4n) is 1.75. The van der Waals surface area contributed by atoms with E-state index in [4.69, 9.17) is 31.5 Å². The monoisotopic (exact) mass is 287 g/mol. The molecule has 1 aromatic carbocycles. The third-order valence-electron chi connectivity index (χ3n) is 2.58. The second-order valence-electron chi connectivity index (χ2n) is 3.90. The van der Waals surface area contributed by atoms with Crippen LogP contribution in [0.15, 0.2) is 24.3 Å². The Balaban J connectivity index is 2.98. The molecule has 106 valence electrons. The Kier molecular flexibility index (Phi) is 6.62. The molecular weight excluding hydrogens is 270 g/mol. The minimum Gasteiger partial charge on any atom is -0.443 e. The van der Waals surface area contributed by atoms with E-state index >= 15 is 0 Å². The van der Waals surface area contributed by atoms with Crippen molar-refractivity contribution in [3.63, 3.8) is 0 Å². The Morgan fingerprint density at radius 2 is 2.11 bits per heavy atom. The molecule has 0 saturated heterocycles. The fourth-order valence-corrected chi connectivity index (χ4v) is 2.00. The molecule has 2 N–H and O–H groups in total. The van der Waals surface area contributed by atoms with Crippen molar-refractivity contribution < 1.29 is 19.0 Å². The molecule has 2 atom stereocenters. The number of benzene rings is 1. The summed E-state index contributed by atoms with van der Waals surface area (Å²) in [6.45, 7) is 1.93. The van der Waals surface area contributed by atoms with Crippen molar-refractivity contribution in [1.82, 2.24) is 0 Å². The SMILES string of the molecule is CC[C@@H](OC(N)=O)[C@H](OCOC)c1ccccc1Cl. The number of nitrogens with two attached hydrogens (primary N) is 1. The summed E-state index contributed by atoms with van der Waals surface area (Å²) in [7, 11) is 1.51. The molecule has 0 radical (unpaired) electrons. The highest BCUT2D eigenvalue weighted by atomic mass is 35.5. The Morgan fingerprint density at radius 1 is 1.42 bits per heavy atom. The lowest BCUT2D eigenvalue weighted by Gasteiger charge is -2.26. The van der Waals surface area contributed by atoms with E-state index in [1.165, 1.54) is 7.11 Å². The molecule has 0 saturated carbocycles. The van der Waals surface area contributed by atoms with Gasteiger partial charge in [0.2, 0.25) is 0 Å². The molecule has 0 aliphatic carbocycles. The van der Waals surface area contributed by atoms with Crippen molar-refractivity contribution in [3.8, 4) is 0 Å². The Labute approximate surface area is 117 Å². The summed E-state index contributed by atoms with van der Waals surface area (Å²) in [6.07, 6.45) is -1.34. The number of hydrogen-bond donors (Lipinski definition) is 1. The lowest BCUT2D eigenvalue weighted by Crippen LogP contribution is -2.30. The van der Waals surface area contributed by atoms with E-state index in [1.54, 1.807) is 6.07 Å². The molecule has 19 heavy (non-hydrogen) atoms. The van der Waals surface area contributed by atoms with Crippen LogP contribution in [0.2, 0.25) is 5.02 Å². The van der Waals surface area contributed by atoms with Gasteiger partial charge in [0.1, 0.15) is 19.0 Å². The van der Waals surface area contributed by atoms with Gasteiger partial charge in [0.15, 0.2) is 0 Å². The van der Waals surface area contributed by atoms with Crippen LogP contribution in [0.3, 0.4) is 0 Å². The number of carbonyl (C=O) groups is 1. The van der Waals surface area contributed by atoms with E-state index in [-0.39, 0.29) is 6.79 Å². The highest BCUT2D eigenvalue weighted by molar-refractivity contribution is 6.31. The zero-order valence-electron chi connectivity index (χ0n) is 11.0.